The third kappa shape index (κ3) is 7.12. The summed E-state index contributed by atoms with van der Waals surface area (Å²) in [7, 11) is -4.94. The van der Waals surface area contributed by atoms with E-state index in [1.807, 2.05) is 12.1 Å². The van der Waals surface area contributed by atoms with Gasteiger partial charge in [-0.05, 0) is 75.9 Å². The Hall–Kier alpha value is -0.960. The number of hydrogen-bond donors (Lipinski definition) is 0. The van der Waals surface area contributed by atoms with Gasteiger partial charge in [0, 0.05) is 27.6 Å². The zero-order valence-electron chi connectivity index (χ0n) is 19.3. The summed E-state index contributed by atoms with van der Waals surface area (Å²) in [5, 5.41) is 0. The first-order valence-corrected chi connectivity index (χ1v) is 15.1. The monoisotopic (exact) mass is 772 g/mol. The second-order valence-corrected chi connectivity index (χ2v) is 11.7. The maximum atomic E-state index is 8.49. The lowest BCUT2D eigenvalue weighted by atomic mass is 10.2. The first-order chi connectivity index (χ1) is 16.9. The van der Waals surface area contributed by atoms with Crippen LogP contribution in [0.2, 0.25) is 0 Å². The normalized spacial score (nSPS) is 14.7. The number of halogens is 5. The molecule has 36 heavy (non-hydrogen) atoms. The molecule has 4 rings (SSSR count). The lowest BCUT2D eigenvalue weighted by Gasteiger charge is -2.17. The summed E-state index contributed by atoms with van der Waals surface area (Å²) in [5.41, 5.74) is 4.05. The average molecular weight is 776 g/mol. The minimum absolute atomic E-state index is 0.805. The molecule has 0 saturated carbocycles. The fraction of sp³-hybridized carbons (Fsp3) is 0.261. The molecule has 0 saturated heterocycles. The number of benzene rings is 2. The Kier molecular flexibility index (Phi) is 10.1. The van der Waals surface area contributed by atoms with Gasteiger partial charge in [-0.15, -0.1) is 10.2 Å². The quantitative estimate of drug-likeness (QED) is 0.364. The van der Waals surface area contributed by atoms with Gasteiger partial charge in [0.25, 0.3) is 5.52 Å². The number of rotatable bonds is 5. The van der Waals surface area contributed by atoms with Crippen LogP contribution in [0.5, 0.6) is 5.75 Å². The Morgan fingerprint density at radius 2 is 1.58 bits per heavy atom. The second kappa shape index (κ2) is 12.3. The van der Waals surface area contributed by atoms with Gasteiger partial charge >= 0.3 is 5.89 Å². The minimum atomic E-state index is -4.94. The van der Waals surface area contributed by atoms with Crippen molar-refractivity contribution in [2.45, 2.75) is 33.7 Å². The van der Waals surface area contributed by atoms with E-state index in [4.69, 9.17) is 27.8 Å². The molecular weight excluding hydrogens is 755 g/mol. The van der Waals surface area contributed by atoms with Crippen LogP contribution in [-0.4, -0.2) is 6.54 Å². The summed E-state index contributed by atoms with van der Waals surface area (Å²) in [4.78, 5) is 2.18. The van der Waals surface area contributed by atoms with Crippen LogP contribution < -0.4 is 32.8 Å². The van der Waals surface area contributed by atoms with Gasteiger partial charge in [0.15, 0.2) is 5.75 Å². The predicted molar refractivity (Wildman–Crippen MR) is 139 cm³/mol. The van der Waals surface area contributed by atoms with Gasteiger partial charge < -0.3 is 14.1 Å². The Morgan fingerprint density at radius 3 is 2.17 bits per heavy atom. The van der Waals surface area contributed by atoms with Crippen LogP contribution in [0.1, 0.15) is 33.1 Å². The summed E-state index contributed by atoms with van der Waals surface area (Å²) >= 11 is 14.4. The topological polar surface area (TPSA) is 122 Å². The first-order valence-electron chi connectivity index (χ1n) is 10.7. The first kappa shape index (κ1) is 29.6. The van der Waals surface area contributed by atoms with E-state index in [9.17, 15) is 0 Å². The molecule has 1 aliphatic rings. The molecule has 0 bridgehead atoms. The molecule has 1 aromatic heterocycles. The molecule has 194 valence electrons. The van der Waals surface area contributed by atoms with Crippen LogP contribution in [0.15, 0.2) is 64.1 Å². The molecule has 0 spiro atoms. The molecule has 1 aliphatic heterocycles. The van der Waals surface area contributed by atoms with E-state index in [2.05, 4.69) is 118 Å². The predicted octanol–water partition coefficient (Wildman–Crippen LogP) is 3.59. The maximum absolute atomic E-state index is 8.49. The SMILES string of the molecule is CCC(=Cc1oc2c(Br)cc(Br)cc2[n+]1CC)C=C1Oc2c(Br)cc(Br)cc2N1CC.[O-][Cl+3]([O-])([O-])[O-]. The highest BCUT2D eigenvalue weighted by Crippen LogP contribution is 2.46. The maximum Gasteiger partial charge on any atom is 0.374 e. The van der Waals surface area contributed by atoms with Crippen LogP contribution in [0.3, 0.4) is 0 Å². The molecule has 3 aromatic rings. The largest absolute Gasteiger partial charge is 0.437 e. The fourth-order valence-electron chi connectivity index (χ4n) is 3.68. The van der Waals surface area contributed by atoms with Crippen LogP contribution in [-0.2, 0) is 6.54 Å². The molecule has 0 aliphatic carbocycles. The van der Waals surface area contributed by atoms with Crippen molar-refractivity contribution in [2.75, 3.05) is 11.4 Å². The Labute approximate surface area is 244 Å². The smallest absolute Gasteiger partial charge is 0.374 e. The van der Waals surface area contributed by atoms with Crippen LogP contribution in [0, 0.1) is 10.2 Å². The van der Waals surface area contributed by atoms with Crippen molar-refractivity contribution in [3.05, 3.63) is 65.6 Å². The van der Waals surface area contributed by atoms with Crippen molar-refractivity contribution in [3.63, 3.8) is 0 Å². The molecule has 2 aromatic carbocycles. The molecule has 0 unspecified atom stereocenters. The van der Waals surface area contributed by atoms with Crippen molar-refractivity contribution in [1.29, 1.82) is 0 Å². The number of aromatic nitrogens is 1. The van der Waals surface area contributed by atoms with E-state index in [1.165, 1.54) is 0 Å². The van der Waals surface area contributed by atoms with Crippen LogP contribution in [0.25, 0.3) is 17.2 Å². The van der Waals surface area contributed by atoms with Gasteiger partial charge in [-0.1, -0.05) is 38.8 Å². The zero-order chi connectivity index (χ0) is 26.8. The van der Waals surface area contributed by atoms with Crippen molar-refractivity contribution >= 4 is 86.6 Å². The fourth-order valence-corrected chi connectivity index (χ4v) is 6.25. The second-order valence-electron chi connectivity index (χ2n) is 7.44. The highest BCUT2D eigenvalue weighted by molar-refractivity contribution is 9.11. The van der Waals surface area contributed by atoms with E-state index in [0.717, 1.165) is 77.3 Å². The van der Waals surface area contributed by atoms with Gasteiger partial charge in [-0.25, -0.2) is 18.6 Å². The third-order valence-corrected chi connectivity index (χ3v) is 7.26. The Balaban J connectivity index is 0.000000658. The minimum Gasteiger partial charge on any atom is -0.437 e. The summed E-state index contributed by atoms with van der Waals surface area (Å²) in [6.07, 6.45) is 5.04. The highest BCUT2D eigenvalue weighted by atomic mass is 79.9. The summed E-state index contributed by atoms with van der Waals surface area (Å²) in [6.45, 7) is 7.99. The number of nitrogens with zero attached hydrogens (tertiary/aromatic N) is 2. The number of oxazole rings is 1. The number of allylic oxidation sites excluding steroid dienone is 2. The number of fused-ring (bicyclic) bond motifs is 2. The van der Waals surface area contributed by atoms with Crippen molar-refractivity contribution in [3.8, 4) is 5.75 Å². The van der Waals surface area contributed by atoms with Crippen molar-refractivity contribution in [1.82, 2.24) is 0 Å². The van der Waals surface area contributed by atoms with Gasteiger partial charge in [-0.2, -0.15) is 4.57 Å². The zero-order valence-corrected chi connectivity index (χ0v) is 26.4. The summed E-state index contributed by atoms with van der Waals surface area (Å²) < 4.78 is 52.5. The summed E-state index contributed by atoms with van der Waals surface area (Å²) in [6, 6.07) is 8.17. The van der Waals surface area contributed by atoms with E-state index in [1.54, 1.807) is 0 Å². The van der Waals surface area contributed by atoms with Crippen molar-refractivity contribution < 1.29 is 42.6 Å². The lowest BCUT2D eigenvalue weighted by Crippen LogP contribution is -2.68. The molecule has 0 N–H and O–H groups in total. The summed E-state index contributed by atoms with van der Waals surface area (Å²) in [5.74, 6) is 2.47. The molecule has 2 heterocycles. The van der Waals surface area contributed by atoms with Crippen LogP contribution >= 0.6 is 63.7 Å². The number of anilines is 1. The molecule has 0 atom stereocenters. The molecule has 0 amide bonds. The average Bonchev–Trinajstić information content (AvgIpc) is 3.29. The van der Waals surface area contributed by atoms with E-state index < -0.39 is 10.2 Å². The highest BCUT2D eigenvalue weighted by Gasteiger charge is 2.28. The van der Waals surface area contributed by atoms with E-state index in [-0.39, 0.29) is 0 Å². The van der Waals surface area contributed by atoms with E-state index >= 15 is 0 Å². The van der Waals surface area contributed by atoms with E-state index in [0.29, 0.717) is 0 Å². The molecular formula is C23H21Br4ClN2O6. The standard InChI is InChI=1S/C23H21Br4N2O2.ClHO4/c1-4-13(7-20-28(5-2)18-11-14(24)9-16(26)22(18)30-20)8-21-29(6-3)19-12-15(25)10-17(27)23(19)31-21;2-1(3,4)5/h7-12H,4-6H2,1-3H3;(H,2,3,4,5)/q+1;/p-1. The van der Waals surface area contributed by atoms with Gasteiger partial charge in [0.2, 0.25) is 11.5 Å². The number of hydrogen-bond acceptors (Lipinski definition) is 7. The third-order valence-electron chi connectivity index (χ3n) is 5.16. The lowest BCUT2D eigenvalue weighted by molar-refractivity contribution is -2.00. The Bertz CT molecular complexity index is 1330. The number of ether oxygens (including phenoxy) is 1. The number of aryl methyl sites for hydroxylation is 1. The van der Waals surface area contributed by atoms with Gasteiger partial charge in [-0.3, -0.25) is 0 Å². The molecule has 8 nitrogen and oxygen atoms in total. The molecule has 0 fully saturated rings. The molecule has 13 heteroatoms. The van der Waals surface area contributed by atoms with Crippen molar-refractivity contribution in [2.24, 2.45) is 0 Å². The van der Waals surface area contributed by atoms with Gasteiger partial charge in [0.05, 0.1) is 20.7 Å². The Morgan fingerprint density at radius 1 is 0.972 bits per heavy atom. The van der Waals surface area contributed by atoms with Gasteiger partial charge in [0.1, 0.15) is 6.54 Å². The molecule has 0 radical (unpaired) electrons. The van der Waals surface area contributed by atoms with Crippen LogP contribution in [0.4, 0.5) is 5.69 Å².